The van der Waals surface area contributed by atoms with Crippen LogP contribution in [0.15, 0.2) is 24.3 Å². The van der Waals surface area contributed by atoms with E-state index in [0.717, 1.165) is 12.1 Å². The molecule has 0 atom stereocenters. The van der Waals surface area contributed by atoms with Gasteiger partial charge in [0.05, 0.1) is 19.6 Å². The van der Waals surface area contributed by atoms with Gasteiger partial charge in [0.2, 0.25) is 11.8 Å². The maximum Gasteiger partial charge on any atom is 0.231 e. The highest BCUT2D eigenvalue weighted by molar-refractivity contribution is 5.98. The minimum atomic E-state index is -0.673. The van der Waals surface area contributed by atoms with Crippen molar-refractivity contribution in [3.63, 3.8) is 0 Å². The number of hydrogen-bond acceptors (Lipinski definition) is 4. The number of ketones is 1. The lowest BCUT2D eigenvalue weighted by molar-refractivity contribution is -0.121. The summed E-state index contributed by atoms with van der Waals surface area (Å²) in [5.74, 6) is -2.16. The molecule has 0 radical (unpaired) electrons. The van der Waals surface area contributed by atoms with Gasteiger partial charge in [0.25, 0.3) is 0 Å². The minimum Gasteiger partial charge on any atom is -0.369 e. The van der Waals surface area contributed by atoms with Gasteiger partial charge in [-0.3, -0.25) is 19.3 Å². The third-order valence-corrected chi connectivity index (χ3v) is 2.29. The van der Waals surface area contributed by atoms with Gasteiger partial charge in [-0.05, 0) is 24.3 Å². The topological polar surface area (TPSA) is 106 Å². The minimum absolute atomic E-state index is 0.197. The first-order valence-corrected chi connectivity index (χ1v) is 5.46. The number of primary amides is 2. The SMILES string of the molecule is NC(=O)CN(CC(N)=O)CC(=O)c1ccc(F)cc1. The molecule has 19 heavy (non-hydrogen) atoms. The number of rotatable bonds is 7. The van der Waals surface area contributed by atoms with Crippen molar-refractivity contribution in [2.24, 2.45) is 11.5 Å². The number of nitrogens with zero attached hydrogens (tertiary/aromatic N) is 1. The molecule has 102 valence electrons. The van der Waals surface area contributed by atoms with Crippen LogP contribution < -0.4 is 11.5 Å². The molecule has 1 aromatic rings. The van der Waals surface area contributed by atoms with Crippen LogP contribution >= 0.6 is 0 Å². The van der Waals surface area contributed by atoms with Gasteiger partial charge in [-0.2, -0.15) is 0 Å². The smallest absolute Gasteiger partial charge is 0.231 e. The van der Waals surface area contributed by atoms with E-state index in [1.54, 1.807) is 0 Å². The highest BCUT2D eigenvalue weighted by Crippen LogP contribution is 2.05. The normalized spacial score (nSPS) is 10.4. The summed E-state index contributed by atoms with van der Waals surface area (Å²) in [4.78, 5) is 34.7. The summed E-state index contributed by atoms with van der Waals surface area (Å²) in [5.41, 5.74) is 10.3. The molecule has 7 heteroatoms. The number of carbonyl (C=O) groups excluding carboxylic acids is 3. The van der Waals surface area contributed by atoms with Gasteiger partial charge in [0.15, 0.2) is 5.78 Å². The number of halogens is 1. The Labute approximate surface area is 109 Å². The van der Waals surface area contributed by atoms with Crippen molar-refractivity contribution in [3.05, 3.63) is 35.6 Å². The summed E-state index contributed by atoms with van der Waals surface area (Å²) in [6.07, 6.45) is 0. The van der Waals surface area contributed by atoms with Crippen LogP contribution in [0.1, 0.15) is 10.4 Å². The molecule has 0 bridgehead atoms. The van der Waals surface area contributed by atoms with Crippen molar-refractivity contribution in [2.75, 3.05) is 19.6 Å². The molecular weight excluding hydrogens is 253 g/mol. The highest BCUT2D eigenvalue weighted by atomic mass is 19.1. The maximum atomic E-state index is 12.7. The fourth-order valence-electron chi connectivity index (χ4n) is 1.54. The van der Waals surface area contributed by atoms with Crippen LogP contribution in [0.3, 0.4) is 0 Å². The van der Waals surface area contributed by atoms with E-state index in [9.17, 15) is 18.8 Å². The predicted molar refractivity (Wildman–Crippen MR) is 65.6 cm³/mol. The summed E-state index contributed by atoms with van der Waals surface area (Å²) in [7, 11) is 0. The molecule has 2 amide bonds. The van der Waals surface area contributed by atoms with E-state index in [1.165, 1.54) is 17.0 Å². The lowest BCUT2D eigenvalue weighted by atomic mass is 10.1. The Hall–Kier alpha value is -2.28. The Morgan fingerprint density at radius 3 is 1.84 bits per heavy atom. The van der Waals surface area contributed by atoms with Crippen molar-refractivity contribution in [1.29, 1.82) is 0 Å². The first-order valence-electron chi connectivity index (χ1n) is 5.46. The third-order valence-electron chi connectivity index (χ3n) is 2.29. The van der Waals surface area contributed by atoms with Gasteiger partial charge in [-0.15, -0.1) is 0 Å². The van der Waals surface area contributed by atoms with E-state index in [-0.39, 0.29) is 31.0 Å². The molecule has 0 heterocycles. The first-order chi connectivity index (χ1) is 8.88. The fourth-order valence-corrected chi connectivity index (χ4v) is 1.54. The quantitative estimate of drug-likeness (QED) is 0.636. The number of carbonyl (C=O) groups is 3. The lowest BCUT2D eigenvalue weighted by Gasteiger charge is -2.17. The number of nitrogens with two attached hydrogens (primary N) is 2. The standard InChI is InChI=1S/C12H14FN3O3/c13-9-3-1-8(2-4-9)10(17)5-16(6-11(14)18)7-12(15)19/h1-4H,5-7H2,(H2,14,18)(H2,15,19). The maximum absolute atomic E-state index is 12.7. The van der Waals surface area contributed by atoms with E-state index in [0.29, 0.717) is 0 Å². The first kappa shape index (κ1) is 14.8. The van der Waals surface area contributed by atoms with E-state index < -0.39 is 17.6 Å². The summed E-state index contributed by atoms with van der Waals surface area (Å²) in [6, 6.07) is 4.95. The summed E-state index contributed by atoms with van der Waals surface area (Å²) >= 11 is 0. The predicted octanol–water partition coefficient (Wildman–Crippen LogP) is -0.719. The molecule has 0 aromatic heterocycles. The molecule has 0 fully saturated rings. The Balaban J connectivity index is 2.72. The van der Waals surface area contributed by atoms with Crippen molar-refractivity contribution >= 4 is 17.6 Å². The summed E-state index contributed by atoms with van der Waals surface area (Å²) in [5, 5.41) is 0. The number of hydrogen-bond donors (Lipinski definition) is 2. The van der Waals surface area contributed by atoms with E-state index >= 15 is 0 Å². The molecule has 1 rings (SSSR count). The molecule has 0 saturated carbocycles. The van der Waals surface area contributed by atoms with Crippen LogP contribution in [-0.4, -0.2) is 42.1 Å². The van der Waals surface area contributed by atoms with E-state index in [2.05, 4.69) is 0 Å². The second kappa shape index (κ2) is 6.60. The molecule has 0 saturated heterocycles. The molecular formula is C12H14FN3O3. The molecule has 0 aliphatic rings. The number of benzene rings is 1. The van der Waals surface area contributed by atoms with Gasteiger partial charge < -0.3 is 11.5 Å². The zero-order valence-electron chi connectivity index (χ0n) is 10.1. The zero-order valence-corrected chi connectivity index (χ0v) is 10.1. The molecule has 4 N–H and O–H groups in total. The van der Waals surface area contributed by atoms with Crippen molar-refractivity contribution in [2.45, 2.75) is 0 Å². The molecule has 6 nitrogen and oxygen atoms in total. The van der Waals surface area contributed by atoms with Gasteiger partial charge >= 0.3 is 0 Å². The van der Waals surface area contributed by atoms with E-state index in [1.807, 2.05) is 0 Å². The van der Waals surface area contributed by atoms with Gasteiger partial charge in [0, 0.05) is 5.56 Å². The second-order valence-corrected chi connectivity index (χ2v) is 4.01. The summed E-state index contributed by atoms with van der Waals surface area (Å²) < 4.78 is 12.7. The van der Waals surface area contributed by atoms with Gasteiger partial charge in [-0.1, -0.05) is 0 Å². The second-order valence-electron chi connectivity index (χ2n) is 4.01. The largest absolute Gasteiger partial charge is 0.369 e. The van der Waals surface area contributed by atoms with Crippen LogP contribution in [0.25, 0.3) is 0 Å². The van der Waals surface area contributed by atoms with Crippen LogP contribution in [0.5, 0.6) is 0 Å². The van der Waals surface area contributed by atoms with Crippen LogP contribution in [0, 0.1) is 5.82 Å². The number of Topliss-reactive ketones (excluding diaryl/α,β-unsaturated/α-hetero) is 1. The molecule has 1 aromatic carbocycles. The van der Waals surface area contributed by atoms with Crippen molar-refractivity contribution in [3.8, 4) is 0 Å². The Kier molecular flexibility index (Phi) is 5.13. The average molecular weight is 267 g/mol. The van der Waals surface area contributed by atoms with Crippen LogP contribution in [-0.2, 0) is 9.59 Å². The lowest BCUT2D eigenvalue weighted by Crippen LogP contribution is -2.42. The number of amides is 2. The monoisotopic (exact) mass is 267 g/mol. The van der Waals surface area contributed by atoms with Gasteiger partial charge in [-0.25, -0.2) is 4.39 Å². The van der Waals surface area contributed by atoms with Crippen molar-refractivity contribution < 1.29 is 18.8 Å². The van der Waals surface area contributed by atoms with Crippen LogP contribution in [0.4, 0.5) is 4.39 Å². The van der Waals surface area contributed by atoms with Crippen LogP contribution in [0.2, 0.25) is 0 Å². The average Bonchev–Trinajstić information content (AvgIpc) is 2.27. The molecule has 0 spiro atoms. The van der Waals surface area contributed by atoms with E-state index in [4.69, 9.17) is 11.5 Å². The Bertz CT molecular complexity index is 471. The highest BCUT2D eigenvalue weighted by Gasteiger charge is 2.16. The third kappa shape index (κ3) is 5.26. The Morgan fingerprint density at radius 2 is 1.42 bits per heavy atom. The molecule has 0 aliphatic carbocycles. The van der Waals surface area contributed by atoms with Gasteiger partial charge in [0.1, 0.15) is 5.82 Å². The summed E-state index contributed by atoms with van der Waals surface area (Å²) in [6.45, 7) is -0.705. The molecule has 0 aliphatic heterocycles. The zero-order chi connectivity index (χ0) is 14.4. The van der Waals surface area contributed by atoms with Crippen molar-refractivity contribution in [1.82, 2.24) is 4.90 Å². The molecule has 0 unspecified atom stereocenters. The Morgan fingerprint density at radius 1 is 0.947 bits per heavy atom. The fraction of sp³-hybridized carbons (Fsp3) is 0.250.